The van der Waals surface area contributed by atoms with Gasteiger partial charge in [-0.2, -0.15) is 5.10 Å². The highest BCUT2D eigenvalue weighted by molar-refractivity contribution is 6.05. The van der Waals surface area contributed by atoms with Gasteiger partial charge < -0.3 is 10.6 Å². The Bertz CT molecular complexity index is 479. The minimum absolute atomic E-state index is 0.110. The number of carbonyl (C=O) groups is 2. The Morgan fingerprint density at radius 1 is 1.35 bits per heavy atom. The number of hydrazone groups is 1. The van der Waals surface area contributed by atoms with Gasteiger partial charge in [-0.25, -0.2) is 10.2 Å². The summed E-state index contributed by atoms with van der Waals surface area (Å²) in [5, 5.41) is 9.24. The third kappa shape index (κ3) is 2.81. The molecule has 1 aromatic rings. The van der Waals surface area contributed by atoms with E-state index < -0.39 is 0 Å². The van der Waals surface area contributed by atoms with Crippen LogP contribution in [0.25, 0.3) is 0 Å². The first-order valence-corrected chi connectivity index (χ1v) is 5.13. The predicted octanol–water partition coefficient (Wildman–Crippen LogP) is 0.662. The van der Waals surface area contributed by atoms with Gasteiger partial charge in [-0.15, -0.1) is 0 Å². The number of carbonyl (C=O) groups excluding carboxylic acids is 2. The molecule has 0 unspecified atom stereocenters. The van der Waals surface area contributed by atoms with E-state index in [1.807, 2.05) is 12.1 Å². The molecular formula is C11H12N4O2. The van der Waals surface area contributed by atoms with Gasteiger partial charge in [0.15, 0.2) is 0 Å². The van der Waals surface area contributed by atoms with Crippen LogP contribution in [-0.2, 0) is 4.79 Å². The SMILES string of the molecule is CC(=O)Nc1ccc(C2=NNC(=O)NC2)cc1. The van der Waals surface area contributed by atoms with Gasteiger partial charge in [0.1, 0.15) is 0 Å². The zero-order valence-corrected chi connectivity index (χ0v) is 9.28. The fourth-order valence-corrected chi connectivity index (χ4v) is 1.48. The molecule has 1 aliphatic heterocycles. The maximum Gasteiger partial charge on any atom is 0.335 e. The Balaban J connectivity index is 2.12. The number of benzene rings is 1. The van der Waals surface area contributed by atoms with Gasteiger partial charge in [0.2, 0.25) is 5.91 Å². The summed E-state index contributed by atoms with van der Waals surface area (Å²) in [6.45, 7) is 1.85. The van der Waals surface area contributed by atoms with E-state index in [2.05, 4.69) is 21.2 Å². The molecule has 0 saturated heterocycles. The van der Waals surface area contributed by atoms with E-state index in [-0.39, 0.29) is 11.9 Å². The number of rotatable bonds is 2. The molecule has 1 aliphatic rings. The second-order valence-corrected chi connectivity index (χ2v) is 3.61. The Kier molecular flexibility index (Phi) is 3.04. The normalized spacial score (nSPS) is 14.4. The molecule has 0 aromatic heterocycles. The number of amides is 3. The number of urea groups is 1. The topological polar surface area (TPSA) is 82.6 Å². The van der Waals surface area contributed by atoms with Gasteiger partial charge in [-0.3, -0.25) is 4.79 Å². The lowest BCUT2D eigenvalue weighted by Gasteiger charge is -2.14. The molecule has 1 heterocycles. The second kappa shape index (κ2) is 4.65. The van der Waals surface area contributed by atoms with Crippen LogP contribution in [0.4, 0.5) is 10.5 Å². The molecule has 88 valence electrons. The molecule has 6 heteroatoms. The van der Waals surface area contributed by atoms with Crippen LogP contribution in [0.3, 0.4) is 0 Å². The molecule has 0 atom stereocenters. The lowest BCUT2D eigenvalue weighted by atomic mass is 10.1. The van der Waals surface area contributed by atoms with Gasteiger partial charge in [0.25, 0.3) is 0 Å². The van der Waals surface area contributed by atoms with E-state index >= 15 is 0 Å². The highest BCUT2D eigenvalue weighted by Crippen LogP contribution is 2.10. The summed E-state index contributed by atoms with van der Waals surface area (Å²) >= 11 is 0. The van der Waals surface area contributed by atoms with Gasteiger partial charge in [-0.05, 0) is 17.7 Å². The minimum atomic E-state index is -0.302. The molecule has 6 nitrogen and oxygen atoms in total. The summed E-state index contributed by atoms with van der Waals surface area (Å²) in [5.74, 6) is -0.110. The fourth-order valence-electron chi connectivity index (χ4n) is 1.48. The van der Waals surface area contributed by atoms with Crippen molar-refractivity contribution in [2.45, 2.75) is 6.92 Å². The van der Waals surface area contributed by atoms with E-state index in [4.69, 9.17) is 0 Å². The largest absolute Gasteiger partial charge is 0.335 e. The third-order valence-electron chi connectivity index (χ3n) is 2.25. The van der Waals surface area contributed by atoms with Crippen LogP contribution in [0.2, 0.25) is 0 Å². The summed E-state index contributed by atoms with van der Waals surface area (Å²) in [4.78, 5) is 21.7. The van der Waals surface area contributed by atoms with Crippen molar-refractivity contribution in [2.75, 3.05) is 11.9 Å². The summed E-state index contributed by atoms with van der Waals surface area (Å²) in [6, 6.07) is 6.95. The molecule has 0 saturated carbocycles. The molecule has 0 spiro atoms. The van der Waals surface area contributed by atoms with E-state index in [9.17, 15) is 9.59 Å². The average molecular weight is 232 g/mol. The number of hydrogen-bond donors (Lipinski definition) is 3. The van der Waals surface area contributed by atoms with Crippen LogP contribution in [-0.4, -0.2) is 24.2 Å². The lowest BCUT2D eigenvalue weighted by Crippen LogP contribution is -2.42. The van der Waals surface area contributed by atoms with Crippen molar-refractivity contribution in [1.29, 1.82) is 0 Å². The minimum Gasteiger partial charge on any atom is -0.331 e. The molecule has 17 heavy (non-hydrogen) atoms. The van der Waals surface area contributed by atoms with Crippen molar-refractivity contribution < 1.29 is 9.59 Å². The van der Waals surface area contributed by atoms with Crippen molar-refractivity contribution in [1.82, 2.24) is 10.7 Å². The number of nitrogens with one attached hydrogen (secondary N) is 3. The highest BCUT2D eigenvalue weighted by atomic mass is 16.2. The van der Waals surface area contributed by atoms with Gasteiger partial charge in [0, 0.05) is 12.6 Å². The van der Waals surface area contributed by atoms with E-state index in [0.29, 0.717) is 6.54 Å². The van der Waals surface area contributed by atoms with Crippen molar-refractivity contribution in [3.8, 4) is 0 Å². The van der Waals surface area contributed by atoms with Crippen LogP contribution in [0, 0.1) is 0 Å². The summed E-state index contributed by atoms with van der Waals surface area (Å²) in [6.07, 6.45) is 0. The lowest BCUT2D eigenvalue weighted by molar-refractivity contribution is -0.114. The van der Waals surface area contributed by atoms with Crippen molar-refractivity contribution in [3.63, 3.8) is 0 Å². The average Bonchev–Trinajstić information content (AvgIpc) is 2.30. The molecule has 3 amide bonds. The molecule has 2 rings (SSSR count). The maximum atomic E-state index is 10.8. The quantitative estimate of drug-likeness (QED) is 0.700. The van der Waals surface area contributed by atoms with Crippen molar-refractivity contribution in [2.24, 2.45) is 5.10 Å². The Hall–Kier alpha value is -2.37. The number of hydrogen-bond acceptors (Lipinski definition) is 3. The van der Waals surface area contributed by atoms with E-state index in [0.717, 1.165) is 17.0 Å². The highest BCUT2D eigenvalue weighted by Gasteiger charge is 2.11. The van der Waals surface area contributed by atoms with E-state index in [1.165, 1.54) is 6.92 Å². The zero-order chi connectivity index (χ0) is 12.3. The molecule has 0 aliphatic carbocycles. The zero-order valence-electron chi connectivity index (χ0n) is 9.28. The predicted molar refractivity (Wildman–Crippen MR) is 63.8 cm³/mol. The summed E-state index contributed by atoms with van der Waals surface area (Å²) in [7, 11) is 0. The second-order valence-electron chi connectivity index (χ2n) is 3.61. The van der Waals surface area contributed by atoms with Crippen LogP contribution in [0.15, 0.2) is 29.4 Å². The maximum absolute atomic E-state index is 10.8. The first-order chi connectivity index (χ1) is 8.15. The van der Waals surface area contributed by atoms with E-state index in [1.54, 1.807) is 12.1 Å². The third-order valence-corrected chi connectivity index (χ3v) is 2.25. The molecule has 0 fully saturated rings. The molecule has 1 aromatic carbocycles. The van der Waals surface area contributed by atoms with Crippen LogP contribution < -0.4 is 16.1 Å². The van der Waals surface area contributed by atoms with Gasteiger partial charge >= 0.3 is 6.03 Å². The smallest absolute Gasteiger partial charge is 0.331 e. The van der Waals surface area contributed by atoms with Crippen LogP contribution in [0.5, 0.6) is 0 Å². The first kappa shape index (κ1) is 11.1. The van der Waals surface area contributed by atoms with Crippen LogP contribution in [0.1, 0.15) is 12.5 Å². The van der Waals surface area contributed by atoms with Gasteiger partial charge in [-0.1, -0.05) is 12.1 Å². The number of anilines is 1. The standard InChI is InChI=1S/C11H12N4O2/c1-7(16)13-9-4-2-8(3-5-9)10-6-12-11(17)15-14-10/h2-5H,6H2,1H3,(H,13,16)(H2,12,15,17). The Morgan fingerprint density at radius 2 is 2.06 bits per heavy atom. The summed E-state index contributed by atoms with van der Waals surface area (Å²) in [5.41, 5.74) is 4.72. The molecule has 0 bridgehead atoms. The Morgan fingerprint density at radius 3 is 2.59 bits per heavy atom. The van der Waals surface area contributed by atoms with Crippen LogP contribution >= 0.6 is 0 Å². The summed E-state index contributed by atoms with van der Waals surface area (Å²) < 4.78 is 0. The van der Waals surface area contributed by atoms with Gasteiger partial charge in [0.05, 0.1) is 12.3 Å². The molecule has 3 N–H and O–H groups in total. The first-order valence-electron chi connectivity index (χ1n) is 5.13. The molecular weight excluding hydrogens is 220 g/mol. The van der Waals surface area contributed by atoms with Crippen molar-refractivity contribution >= 4 is 23.3 Å². The molecule has 0 radical (unpaired) electrons. The number of nitrogens with zero attached hydrogens (tertiary/aromatic N) is 1. The fraction of sp³-hybridized carbons (Fsp3) is 0.182. The Labute approximate surface area is 98.1 Å². The monoisotopic (exact) mass is 232 g/mol. The van der Waals surface area contributed by atoms with Crippen molar-refractivity contribution in [3.05, 3.63) is 29.8 Å².